The third kappa shape index (κ3) is 2.46. The van der Waals surface area contributed by atoms with Gasteiger partial charge in [0.25, 0.3) is 0 Å². The smallest absolute Gasteiger partial charge is 0.136 e. The molecule has 0 bridgehead atoms. The molecule has 2 aromatic rings. The zero-order valence-corrected chi connectivity index (χ0v) is 17.3. The van der Waals surface area contributed by atoms with Crippen molar-refractivity contribution in [3.8, 4) is 5.75 Å². The van der Waals surface area contributed by atoms with Crippen LogP contribution in [0.2, 0.25) is 0 Å². The molecule has 0 saturated heterocycles. The van der Waals surface area contributed by atoms with Crippen LogP contribution in [0.3, 0.4) is 0 Å². The van der Waals surface area contributed by atoms with Crippen molar-refractivity contribution in [2.24, 2.45) is 28.3 Å². The predicted molar refractivity (Wildman–Crippen MR) is 114 cm³/mol. The Kier molecular flexibility index (Phi) is 3.85. The van der Waals surface area contributed by atoms with E-state index in [1.807, 2.05) is 0 Å². The minimum atomic E-state index is 0.260. The van der Waals surface area contributed by atoms with Crippen LogP contribution in [0, 0.1) is 23.2 Å². The number of rotatable bonds is 2. The molecule has 3 aliphatic carbocycles. The van der Waals surface area contributed by atoms with Crippen LogP contribution in [0.1, 0.15) is 55.2 Å². The molecule has 2 fully saturated rings. The summed E-state index contributed by atoms with van der Waals surface area (Å²) in [5.74, 6) is 3.61. The number of aryl methyl sites for hydroxylation is 1. The summed E-state index contributed by atoms with van der Waals surface area (Å²) in [5.41, 5.74) is 5.82. The quantitative estimate of drug-likeness (QED) is 0.673. The fraction of sp³-hybridized carbons (Fsp3) is 0.500. The van der Waals surface area contributed by atoms with Crippen molar-refractivity contribution in [1.82, 2.24) is 0 Å². The molecule has 0 unspecified atom stereocenters. The fourth-order valence-electron chi connectivity index (χ4n) is 7.29. The van der Waals surface area contributed by atoms with Crippen molar-refractivity contribution >= 4 is 5.71 Å². The van der Waals surface area contributed by atoms with E-state index in [4.69, 9.17) is 9.57 Å². The molecule has 29 heavy (non-hydrogen) atoms. The van der Waals surface area contributed by atoms with Gasteiger partial charge in [-0.2, -0.15) is 0 Å². The van der Waals surface area contributed by atoms with Gasteiger partial charge in [0.1, 0.15) is 11.9 Å². The summed E-state index contributed by atoms with van der Waals surface area (Å²) < 4.78 is 5.48. The van der Waals surface area contributed by atoms with Crippen LogP contribution >= 0.6 is 0 Å². The second-order valence-corrected chi connectivity index (χ2v) is 9.72. The number of benzene rings is 2. The zero-order valence-electron chi connectivity index (χ0n) is 17.3. The Bertz CT molecular complexity index is 968. The second-order valence-electron chi connectivity index (χ2n) is 9.72. The maximum absolute atomic E-state index is 6.05. The summed E-state index contributed by atoms with van der Waals surface area (Å²) in [4.78, 5) is 6.05. The van der Waals surface area contributed by atoms with Crippen molar-refractivity contribution in [2.45, 2.75) is 51.0 Å². The van der Waals surface area contributed by atoms with Gasteiger partial charge in [0.2, 0.25) is 0 Å². The van der Waals surface area contributed by atoms with Crippen molar-refractivity contribution in [3.05, 3.63) is 65.2 Å². The Balaban J connectivity index is 1.34. The zero-order chi connectivity index (χ0) is 19.6. The molecule has 0 amide bonds. The van der Waals surface area contributed by atoms with Gasteiger partial charge in [0.15, 0.2) is 0 Å². The van der Waals surface area contributed by atoms with E-state index >= 15 is 0 Å². The van der Waals surface area contributed by atoms with Crippen molar-refractivity contribution in [2.75, 3.05) is 7.11 Å². The Morgan fingerprint density at radius 3 is 2.79 bits per heavy atom. The number of hydrogen-bond acceptors (Lipinski definition) is 3. The van der Waals surface area contributed by atoms with Gasteiger partial charge in [-0.3, -0.25) is 0 Å². The maximum atomic E-state index is 6.05. The average Bonchev–Trinajstić information content (AvgIpc) is 3.32. The van der Waals surface area contributed by atoms with E-state index in [0.717, 1.165) is 24.0 Å². The van der Waals surface area contributed by atoms with Gasteiger partial charge in [0.05, 0.1) is 18.7 Å². The van der Waals surface area contributed by atoms with E-state index in [9.17, 15) is 0 Å². The van der Waals surface area contributed by atoms with Gasteiger partial charge < -0.3 is 9.57 Å². The van der Waals surface area contributed by atoms with Gasteiger partial charge in [-0.1, -0.05) is 48.5 Å². The second kappa shape index (κ2) is 6.35. The molecule has 1 heterocycles. The number of methoxy groups -OCH3 is 1. The standard InChI is InChI=1S/C26H29NO2/c1-26-13-12-20-19-11-9-18(28-2)14-17(19)8-10-21(20)22(26)15-23-24(26)25(27-29-23)16-6-4-3-5-7-16/h3-7,9,11,14,20-24H,8,10,12-13,15H2,1-2H3/t20-,21-,22+,23-,24+,26+/m1/s1. The van der Waals surface area contributed by atoms with E-state index in [0.29, 0.717) is 17.3 Å². The lowest BCUT2D eigenvalue weighted by Crippen LogP contribution is -2.44. The molecule has 0 aromatic heterocycles. The topological polar surface area (TPSA) is 30.8 Å². The summed E-state index contributed by atoms with van der Waals surface area (Å²) in [5, 5.41) is 4.59. The Morgan fingerprint density at radius 1 is 1.10 bits per heavy atom. The van der Waals surface area contributed by atoms with Gasteiger partial charge in [0, 0.05) is 0 Å². The van der Waals surface area contributed by atoms with Crippen LogP contribution in [0.4, 0.5) is 0 Å². The molecule has 6 rings (SSSR count). The molecule has 0 spiro atoms. The molecular weight excluding hydrogens is 358 g/mol. The lowest BCUT2D eigenvalue weighted by atomic mass is 9.53. The summed E-state index contributed by atoms with van der Waals surface area (Å²) in [6, 6.07) is 17.5. The molecule has 2 saturated carbocycles. The highest BCUT2D eigenvalue weighted by Crippen LogP contribution is 2.65. The molecule has 150 valence electrons. The number of oxime groups is 1. The van der Waals surface area contributed by atoms with E-state index in [1.54, 1.807) is 12.7 Å². The number of ether oxygens (including phenoxy) is 1. The fourth-order valence-corrected chi connectivity index (χ4v) is 7.29. The van der Waals surface area contributed by atoms with Crippen LogP contribution in [-0.4, -0.2) is 18.9 Å². The van der Waals surface area contributed by atoms with Crippen LogP contribution in [-0.2, 0) is 11.3 Å². The maximum Gasteiger partial charge on any atom is 0.136 e. The summed E-state index contributed by atoms with van der Waals surface area (Å²) >= 11 is 0. The molecule has 0 N–H and O–H groups in total. The lowest BCUT2D eigenvalue weighted by Gasteiger charge is -2.50. The van der Waals surface area contributed by atoms with E-state index in [2.05, 4.69) is 60.6 Å². The third-order valence-corrected chi connectivity index (χ3v) is 8.59. The number of nitrogens with zero attached hydrogens (tertiary/aromatic N) is 1. The lowest BCUT2D eigenvalue weighted by molar-refractivity contribution is 0.0428. The molecule has 2 aromatic carbocycles. The van der Waals surface area contributed by atoms with Crippen LogP contribution in [0.5, 0.6) is 5.75 Å². The predicted octanol–water partition coefficient (Wildman–Crippen LogP) is 5.58. The minimum Gasteiger partial charge on any atom is -0.497 e. The number of hydrogen-bond donors (Lipinski definition) is 0. The molecule has 6 atom stereocenters. The monoisotopic (exact) mass is 387 g/mol. The molecule has 1 aliphatic heterocycles. The van der Waals surface area contributed by atoms with Crippen LogP contribution in [0.15, 0.2) is 53.7 Å². The Morgan fingerprint density at radius 2 is 1.97 bits per heavy atom. The largest absolute Gasteiger partial charge is 0.497 e. The third-order valence-electron chi connectivity index (χ3n) is 8.59. The normalized spacial score (nSPS) is 36.9. The van der Waals surface area contributed by atoms with Gasteiger partial charge >= 0.3 is 0 Å². The molecule has 3 heteroatoms. The van der Waals surface area contributed by atoms with Gasteiger partial charge in [-0.25, -0.2) is 0 Å². The summed E-state index contributed by atoms with van der Waals surface area (Å²) in [7, 11) is 1.77. The first-order valence-corrected chi connectivity index (χ1v) is 11.1. The van der Waals surface area contributed by atoms with Crippen molar-refractivity contribution < 1.29 is 9.57 Å². The molecule has 0 radical (unpaired) electrons. The highest BCUT2D eigenvalue weighted by molar-refractivity contribution is 6.03. The van der Waals surface area contributed by atoms with Gasteiger partial charge in [-0.05, 0) is 84.1 Å². The van der Waals surface area contributed by atoms with E-state index in [-0.39, 0.29) is 6.10 Å². The molecular formula is C26H29NO2. The highest BCUT2D eigenvalue weighted by Gasteiger charge is 2.62. The SMILES string of the molecule is COc1ccc2c(c1)CC[C@@H]1[C@@H]2CC[C@]2(C)[C@@H]3C(c4ccccc4)=NO[C@@H]3C[C@@H]12. The first-order valence-electron chi connectivity index (χ1n) is 11.1. The first-order chi connectivity index (χ1) is 14.2. The summed E-state index contributed by atoms with van der Waals surface area (Å²) in [6.45, 7) is 2.54. The molecule has 3 nitrogen and oxygen atoms in total. The van der Waals surface area contributed by atoms with Gasteiger partial charge in [-0.15, -0.1) is 0 Å². The first kappa shape index (κ1) is 17.6. The Labute approximate surface area is 173 Å². The van der Waals surface area contributed by atoms with Crippen LogP contribution < -0.4 is 4.74 Å². The minimum absolute atomic E-state index is 0.260. The number of fused-ring (bicyclic) bond motifs is 7. The summed E-state index contributed by atoms with van der Waals surface area (Å²) in [6.07, 6.45) is 6.44. The highest BCUT2D eigenvalue weighted by atomic mass is 16.6. The Hall–Kier alpha value is -2.29. The van der Waals surface area contributed by atoms with Crippen molar-refractivity contribution in [1.29, 1.82) is 0 Å². The van der Waals surface area contributed by atoms with Crippen LogP contribution in [0.25, 0.3) is 0 Å². The average molecular weight is 388 g/mol. The van der Waals surface area contributed by atoms with E-state index < -0.39 is 0 Å². The van der Waals surface area contributed by atoms with Crippen molar-refractivity contribution in [3.63, 3.8) is 0 Å². The van der Waals surface area contributed by atoms with E-state index in [1.165, 1.54) is 42.5 Å². The molecule has 4 aliphatic rings.